The molecule has 6 N–H and O–H groups in total. The van der Waals surface area contributed by atoms with Gasteiger partial charge in [0.15, 0.2) is 6.29 Å². The molecular weight excluding hydrogens is 899 g/mol. The largest absolute Gasteiger partial charge is 0.394 e. The van der Waals surface area contributed by atoms with Gasteiger partial charge in [0.25, 0.3) is 0 Å². The van der Waals surface area contributed by atoms with Crippen LogP contribution in [-0.2, 0) is 14.3 Å². The van der Waals surface area contributed by atoms with Crippen molar-refractivity contribution < 1.29 is 39.8 Å². The van der Waals surface area contributed by atoms with E-state index in [2.05, 4.69) is 67.8 Å². The highest BCUT2D eigenvalue weighted by molar-refractivity contribution is 5.76. The molecule has 1 heterocycles. The Morgan fingerprint density at radius 3 is 1.25 bits per heavy atom. The number of aliphatic hydroxyl groups is 5. The second kappa shape index (κ2) is 52.3. The van der Waals surface area contributed by atoms with E-state index in [1.807, 2.05) is 6.08 Å². The third-order valence-corrected chi connectivity index (χ3v) is 14.3. The van der Waals surface area contributed by atoms with Crippen LogP contribution in [0, 0.1) is 0 Å². The van der Waals surface area contributed by atoms with Gasteiger partial charge < -0.3 is 40.3 Å². The van der Waals surface area contributed by atoms with Crippen LogP contribution < -0.4 is 5.32 Å². The molecule has 7 atom stereocenters. The van der Waals surface area contributed by atoms with Gasteiger partial charge in [0, 0.05) is 6.42 Å². The van der Waals surface area contributed by atoms with Crippen molar-refractivity contribution in [3.8, 4) is 0 Å². The normalized spacial score (nSPS) is 19.6. The third kappa shape index (κ3) is 41.2. The lowest BCUT2D eigenvalue weighted by Gasteiger charge is -2.40. The van der Waals surface area contributed by atoms with E-state index in [1.54, 1.807) is 6.08 Å². The maximum Gasteiger partial charge on any atom is 0.220 e. The van der Waals surface area contributed by atoms with E-state index in [1.165, 1.54) is 205 Å². The minimum Gasteiger partial charge on any atom is -0.394 e. The lowest BCUT2D eigenvalue weighted by molar-refractivity contribution is -0.302. The molecule has 0 spiro atoms. The van der Waals surface area contributed by atoms with Crippen LogP contribution in [0.15, 0.2) is 60.8 Å². The molecule has 0 aromatic carbocycles. The minimum atomic E-state index is -1.58. The second-order valence-electron chi connectivity index (χ2n) is 21.1. The zero-order chi connectivity index (χ0) is 52.2. The monoisotopic (exact) mass is 1010 g/mol. The predicted octanol–water partition coefficient (Wildman–Crippen LogP) is 15.5. The average molecular weight is 1010 g/mol. The van der Waals surface area contributed by atoms with Crippen LogP contribution in [-0.4, -0.2) is 87.5 Å². The van der Waals surface area contributed by atoms with Gasteiger partial charge in [0.05, 0.1) is 25.4 Å². The number of allylic oxidation sites excluding steroid dienone is 9. The van der Waals surface area contributed by atoms with Gasteiger partial charge >= 0.3 is 0 Å². The molecule has 420 valence electrons. The fraction of sp³-hybridized carbons (Fsp3) is 0.825. The van der Waals surface area contributed by atoms with Crippen LogP contribution >= 0.6 is 0 Å². The van der Waals surface area contributed by atoms with Crippen LogP contribution in [0.3, 0.4) is 0 Å². The molecule has 0 saturated carbocycles. The topological polar surface area (TPSA) is 149 Å². The number of aliphatic hydroxyl groups excluding tert-OH is 5. The van der Waals surface area contributed by atoms with E-state index in [0.29, 0.717) is 6.42 Å². The fourth-order valence-electron chi connectivity index (χ4n) is 9.46. The van der Waals surface area contributed by atoms with E-state index in [4.69, 9.17) is 9.47 Å². The molecule has 1 saturated heterocycles. The summed E-state index contributed by atoms with van der Waals surface area (Å²) in [5.41, 5.74) is 0. The van der Waals surface area contributed by atoms with Gasteiger partial charge in [-0.15, -0.1) is 0 Å². The summed E-state index contributed by atoms with van der Waals surface area (Å²) in [6.45, 7) is 3.77. The lowest BCUT2D eigenvalue weighted by Crippen LogP contribution is -2.60. The van der Waals surface area contributed by atoms with Crippen molar-refractivity contribution in [2.75, 3.05) is 13.2 Å². The number of nitrogens with one attached hydrogen (secondary N) is 1. The Kier molecular flexibility index (Phi) is 49.4. The molecule has 9 heteroatoms. The lowest BCUT2D eigenvalue weighted by atomic mass is 9.99. The molecule has 7 unspecified atom stereocenters. The summed E-state index contributed by atoms with van der Waals surface area (Å²) in [7, 11) is 0. The molecule has 72 heavy (non-hydrogen) atoms. The van der Waals surface area contributed by atoms with Crippen molar-refractivity contribution >= 4 is 5.91 Å². The Labute approximate surface area is 443 Å². The smallest absolute Gasteiger partial charge is 0.220 e. The Morgan fingerprint density at radius 2 is 0.833 bits per heavy atom. The summed E-state index contributed by atoms with van der Waals surface area (Å²) in [6, 6.07) is -0.832. The van der Waals surface area contributed by atoms with E-state index in [9.17, 15) is 30.3 Å². The maximum atomic E-state index is 13.1. The summed E-state index contributed by atoms with van der Waals surface area (Å²) in [5, 5.41) is 54.6. The first-order valence-electron chi connectivity index (χ1n) is 30.5. The maximum absolute atomic E-state index is 13.1. The van der Waals surface area contributed by atoms with Gasteiger partial charge in [0.1, 0.15) is 24.4 Å². The summed E-state index contributed by atoms with van der Waals surface area (Å²) >= 11 is 0. The molecule has 0 aromatic rings. The molecule has 0 radical (unpaired) electrons. The Morgan fingerprint density at radius 1 is 0.472 bits per heavy atom. The number of carbonyl (C=O) groups is 1. The zero-order valence-electron chi connectivity index (χ0n) is 46.7. The van der Waals surface area contributed by atoms with Crippen molar-refractivity contribution in [1.29, 1.82) is 0 Å². The van der Waals surface area contributed by atoms with Crippen LogP contribution in [0.1, 0.15) is 277 Å². The Balaban J connectivity index is 2.25. The molecule has 0 aromatic heterocycles. The molecule has 9 nitrogen and oxygen atoms in total. The number of carbonyl (C=O) groups excluding carboxylic acids is 1. The van der Waals surface area contributed by atoms with E-state index in [-0.39, 0.29) is 12.5 Å². The van der Waals surface area contributed by atoms with Gasteiger partial charge in [0.2, 0.25) is 5.91 Å². The highest BCUT2D eigenvalue weighted by Crippen LogP contribution is 2.23. The van der Waals surface area contributed by atoms with Crippen molar-refractivity contribution in [2.45, 2.75) is 320 Å². The highest BCUT2D eigenvalue weighted by Gasteiger charge is 2.44. The molecular formula is C63H115NO8. The molecule has 0 aliphatic carbocycles. The number of unbranched alkanes of at least 4 members (excludes halogenated alkanes) is 34. The van der Waals surface area contributed by atoms with Crippen molar-refractivity contribution in [3.63, 3.8) is 0 Å². The third-order valence-electron chi connectivity index (χ3n) is 14.3. The SMILES string of the molecule is CCCCCCC/C=C\C/C=C\CCCCCCCCCCCCCC(=O)NC(COC1OC(CO)C(O)C(O)C1O)C(O)/C=C/CC/C=C/CC/C=C/CCCCCCCCCCCCCCCCCC. The van der Waals surface area contributed by atoms with Gasteiger partial charge in [-0.2, -0.15) is 0 Å². The predicted molar refractivity (Wildman–Crippen MR) is 304 cm³/mol. The van der Waals surface area contributed by atoms with E-state index >= 15 is 0 Å². The molecule has 1 aliphatic rings. The number of hydrogen-bond acceptors (Lipinski definition) is 8. The van der Waals surface area contributed by atoms with Gasteiger partial charge in [-0.05, 0) is 77.0 Å². The van der Waals surface area contributed by atoms with E-state index < -0.39 is 49.5 Å². The standard InChI is InChI=1S/C63H115NO8/c1-3-5-7-9-11-13-15-17-19-21-23-25-27-28-29-31-32-34-36-38-40-42-44-46-48-50-52-57(66)56(55-71-63-62(70)61(69)60(68)58(54-65)72-63)64-59(67)53-51-49-47-45-43-41-39-37-35-33-30-26-24-22-20-18-16-14-12-10-8-6-4-2/h16,18,22,24,34,36,42,44,50,52,56-58,60-63,65-66,68-70H,3-15,17,19-21,23,25-33,35,37-41,43,45-49,51,53-55H2,1-2H3,(H,64,67)/b18-16-,24-22-,36-34+,44-42+,52-50+. The Hall–Kier alpha value is -2.11. The average Bonchev–Trinajstić information content (AvgIpc) is 3.38. The summed E-state index contributed by atoms with van der Waals surface area (Å²) < 4.78 is 11.3. The molecule has 1 amide bonds. The first kappa shape index (κ1) is 67.9. The quantitative estimate of drug-likeness (QED) is 0.0261. The van der Waals surface area contributed by atoms with Crippen molar-refractivity contribution in [2.24, 2.45) is 0 Å². The first-order chi connectivity index (χ1) is 35.3. The number of ether oxygens (including phenoxy) is 2. The first-order valence-corrected chi connectivity index (χ1v) is 30.5. The summed E-state index contributed by atoms with van der Waals surface area (Å²) in [6.07, 6.45) is 64.4. The van der Waals surface area contributed by atoms with Crippen LogP contribution in [0.2, 0.25) is 0 Å². The summed E-state index contributed by atoms with van der Waals surface area (Å²) in [4.78, 5) is 13.1. The van der Waals surface area contributed by atoms with Crippen LogP contribution in [0.25, 0.3) is 0 Å². The van der Waals surface area contributed by atoms with Crippen molar-refractivity contribution in [3.05, 3.63) is 60.8 Å². The van der Waals surface area contributed by atoms with Gasteiger partial charge in [-0.1, -0.05) is 254 Å². The number of hydrogen-bond donors (Lipinski definition) is 6. The molecule has 1 fully saturated rings. The van der Waals surface area contributed by atoms with Gasteiger partial charge in [-0.3, -0.25) is 4.79 Å². The summed E-state index contributed by atoms with van der Waals surface area (Å²) in [5.74, 6) is -0.192. The van der Waals surface area contributed by atoms with Crippen LogP contribution in [0.4, 0.5) is 0 Å². The zero-order valence-corrected chi connectivity index (χ0v) is 46.7. The molecule has 1 aliphatic heterocycles. The van der Waals surface area contributed by atoms with Crippen molar-refractivity contribution in [1.82, 2.24) is 5.32 Å². The second-order valence-corrected chi connectivity index (χ2v) is 21.1. The molecule has 0 bridgehead atoms. The minimum absolute atomic E-state index is 0.192. The highest BCUT2D eigenvalue weighted by atomic mass is 16.7. The number of rotatable bonds is 52. The van der Waals surface area contributed by atoms with Crippen LogP contribution in [0.5, 0.6) is 0 Å². The van der Waals surface area contributed by atoms with Gasteiger partial charge in [-0.25, -0.2) is 0 Å². The van der Waals surface area contributed by atoms with E-state index in [0.717, 1.165) is 51.4 Å². The Bertz CT molecular complexity index is 1310. The molecule has 1 rings (SSSR count). The number of amides is 1. The fourth-order valence-corrected chi connectivity index (χ4v) is 9.46.